The van der Waals surface area contributed by atoms with Crippen LogP contribution in [0.15, 0.2) is 40.7 Å². The molecule has 0 aliphatic rings. The maximum absolute atomic E-state index is 11.8. The van der Waals surface area contributed by atoms with E-state index in [9.17, 15) is 4.79 Å². The summed E-state index contributed by atoms with van der Waals surface area (Å²) in [6.45, 7) is 4.33. The Kier molecular flexibility index (Phi) is 4.99. The molecule has 3 nitrogen and oxygen atoms in total. The van der Waals surface area contributed by atoms with E-state index in [1.165, 1.54) is 16.2 Å². The van der Waals surface area contributed by atoms with Gasteiger partial charge >= 0.3 is 0 Å². The van der Waals surface area contributed by atoms with Crippen molar-refractivity contribution >= 4 is 34.1 Å². The van der Waals surface area contributed by atoms with Gasteiger partial charge in [-0.1, -0.05) is 26.0 Å². The van der Waals surface area contributed by atoms with Crippen LogP contribution in [0.3, 0.4) is 0 Å². The third-order valence-corrected chi connectivity index (χ3v) is 4.04. The molecule has 0 aliphatic heterocycles. The summed E-state index contributed by atoms with van der Waals surface area (Å²) in [6, 6.07) is 8.14. The Labute approximate surface area is 121 Å². The smallest absolute Gasteiger partial charge is 0.230 e. The van der Waals surface area contributed by atoms with Crippen molar-refractivity contribution in [2.45, 2.75) is 30.4 Å². The molecule has 5 heteroatoms. The van der Waals surface area contributed by atoms with Crippen molar-refractivity contribution in [3.05, 3.63) is 41.4 Å². The molecular weight excluding hydrogens is 276 g/mol. The van der Waals surface area contributed by atoms with Crippen molar-refractivity contribution in [3.63, 3.8) is 0 Å². The van der Waals surface area contributed by atoms with Crippen LogP contribution in [0.4, 0.5) is 5.13 Å². The Morgan fingerprint density at radius 3 is 2.68 bits per heavy atom. The molecular formula is C14H16N2OS2. The van der Waals surface area contributed by atoms with E-state index in [0.29, 0.717) is 16.8 Å². The summed E-state index contributed by atoms with van der Waals surface area (Å²) in [4.78, 5) is 17.1. The zero-order valence-electron chi connectivity index (χ0n) is 10.9. The minimum atomic E-state index is -0.0285. The third kappa shape index (κ3) is 4.69. The number of thioether (sulfide) groups is 1. The second-order valence-corrected chi connectivity index (χ2v) is 6.92. The van der Waals surface area contributed by atoms with E-state index in [2.05, 4.69) is 36.3 Å². The largest absolute Gasteiger partial charge is 0.302 e. The quantitative estimate of drug-likeness (QED) is 0.852. The number of aromatic nitrogens is 1. The van der Waals surface area contributed by atoms with Crippen LogP contribution in [0.5, 0.6) is 0 Å². The SMILES string of the molecule is CC(C)Sc1ccc(CC(=O)Nc2nccs2)cc1. The van der Waals surface area contributed by atoms with E-state index in [1.807, 2.05) is 29.3 Å². The van der Waals surface area contributed by atoms with Crippen LogP contribution in [0.1, 0.15) is 19.4 Å². The van der Waals surface area contributed by atoms with Crippen molar-refractivity contribution in [3.8, 4) is 0 Å². The van der Waals surface area contributed by atoms with E-state index >= 15 is 0 Å². The lowest BCUT2D eigenvalue weighted by atomic mass is 10.1. The molecule has 1 heterocycles. The molecule has 1 aromatic carbocycles. The first-order valence-corrected chi connectivity index (χ1v) is 7.84. The Hall–Kier alpha value is -1.33. The van der Waals surface area contributed by atoms with Gasteiger partial charge in [-0.15, -0.1) is 23.1 Å². The van der Waals surface area contributed by atoms with E-state index in [4.69, 9.17) is 0 Å². The summed E-state index contributed by atoms with van der Waals surface area (Å²) in [6.07, 6.45) is 2.06. The molecule has 1 N–H and O–H groups in total. The number of hydrogen-bond acceptors (Lipinski definition) is 4. The Morgan fingerprint density at radius 2 is 2.11 bits per heavy atom. The highest BCUT2D eigenvalue weighted by Gasteiger charge is 2.06. The fraction of sp³-hybridized carbons (Fsp3) is 0.286. The maximum atomic E-state index is 11.8. The van der Waals surface area contributed by atoms with Crippen LogP contribution < -0.4 is 5.32 Å². The normalized spacial score (nSPS) is 10.7. The van der Waals surface area contributed by atoms with Gasteiger partial charge in [-0.05, 0) is 17.7 Å². The van der Waals surface area contributed by atoms with E-state index in [1.54, 1.807) is 6.20 Å². The number of rotatable bonds is 5. The maximum Gasteiger partial charge on any atom is 0.230 e. The number of thiazole rings is 1. The second kappa shape index (κ2) is 6.73. The number of anilines is 1. The molecule has 19 heavy (non-hydrogen) atoms. The number of amides is 1. The fourth-order valence-electron chi connectivity index (χ4n) is 1.59. The number of hydrogen-bond donors (Lipinski definition) is 1. The van der Waals surface area contributed by atoms with Gasteiger partial charge < -0.3 is 5.32 Å². The highest BCUT2D eigenvalue weighted by Crippen LogP contribution is 2.23. The van der Waals surface area contributed by atoms with Crippen LogP contribution in [-0.4, -0.2) is 16.1 Å². The molecule has 100 valence electrons. The monoisotopic (exact) mass is 292 g/mol. The number of benzene rings is 1. The average Bonchev–Trinajstić information content (AvgIpc) is 2.83. The molecule has 0 saturated heterocycles. The summed E-state index contributed by atoms with van der Waals surface area (Å²) in [5.74, 6) is -0.0285. The van der Waals surface area contributed by atoms with E-state index in [-0.39, 0.29) is 5.91 Å². The van der Waals surface area contributed by atoms with Gasteiger partial charge in [0.15, 0.2) is 5.13 Å². The summed E-state index contributed by atoms with van der Waals surface area (Å²) >= 11 is 3.25. The molecule has 2 aromatic rings. The van der Waals surface area contributed by atoms with Gasteiger partial charge in [0.1, 0.15) is 0 Å². The Balaban J connectivity index is 1.90. The lowest BCUT2D eigenvalue weighted by Crippen LogP contribution is -2.14. The predicted octanol–water partition coefficient (Wildman–Crippen LogP) is 3.82. The van der Waals surface area contributed by atoms with Crippen molar-refractivity contribution in [2.75, 3.05) is 5.32 Å². The van der Waals surface area contributed by atoms with Gasteiger partial charge in [-0.2, -0.15) is 0 Å². The van der Waals surface area contributed by atoms with Crippen molar-refractivity contribution in [1.82, 2.24) is 4.98 Å². The Morgan fingerprint density at radius 1 is 1.37 bits per heavy atom. The first-order valence-electron chi connectivity index (χ1n) is 6.08. The second-order valence-electron chi connectivity index (χ2n) is 4.37. The predicted molar refractivity (Wildman–Crippen MR) is 81.9 cm³/mol. The zero-order valence-corrected chi connectivity index (χ0v) is 12.6. The van der Waals surface area contributed by atoms with Crippen molar-refractivity contribution in [2.24, 2.45) is 0 Å². The molecule has 0 spiro atoms. The molecule has 0 fully saturated rings. The summed E-state index contributed by atoms with van der Waals surface area (Å²) < 4.78 is 0. The molecule has 0 aliphatic carbocycles. The zero-order chi connectivity index (χ0) is 13.7. The highest BCUT2D eigenvalue weighted by molar-refractivity contribution is 7.99. The lowest BCUT2D eigenvalue weighted by Gasteiger charge is -2.06. The minimum absolute atomic E-state index is 0.0285. The van der Waals surface area contributed by atoms with Gasteiger partial charge in [-0.25, -0.2) is 4.98 Å². The molecule has 1 aromatic heterocycles. The molecule has 0 bridgehead atoms. The first kappa shape index (κ1) is 14.1. The first-order chi connectivity index (χ1) is 9.13. The molecule has 1 amide bonds. The number of carbonyl (C=O) groups excluding carboxylic acids is 1. The van der Waals surface area contributed by atoms with Crippen LogP contribution >= 0.6 is 23.1 Å². The molecule has 2 rings (SSSR count). The van der Waals surface area contributed by atoms with Gasteiger partial charge in [0.05, 0.1) is 6.42 Å². The number of carbonyl (C=O) groups is 1. The van der Waals surface area contributed by atoms with Gasteiger partial charge in [0, 0.05) is 21.7 Å². The van der Waals surface area contributed by atoms with Crippen LogP contribution in [0.2, 0.25) is 0 Å². The molecule has 0 saturated carbocycles. The van der Waals surface area contributed by atoms with Crippen LogP contribution in [-0.2, 0) is 11.2 Å². The van der Waals surface area contributed by atoms with Crippen LogP contribution in [0, 0.1) is 0 Å². The molecule has 0 atom stereocenters. The number of nitrogens with one attached hydrogen (secondary N) is 1. The summed E-state index contributed by atoms with van der Waals surface area (Å²) in [7, 11) is 0. The summed E-state index contributed by atoms with van der Waals surface area (Å²) in [5.41, 5.74) is 1.02. The van der Waals surface area contributed by atoms with E-state index in [0.717, 1.165) is 5.56 Å². The van der Waals surface area contributed by atoms with Gasteiger partial charge in [-0.3, -0.25) is 4.79 Å². The fourth-order valence-corrected chi connectivity index (χ4v) is 2.97. The Bertz CT molecular complexity index is 521. The van der Waals surface area contributed by atoms with Crippen LogP contribution in [0.25, 0.3) is 0 Å². The standard InChI is InChI=1S/C14H16N2OS2/c1-10(2)19-12-5-3-11(4-6-12)9-13(17)16-14-15-7-8-18-14/h3-8,10H,9H2,1-2H3,(H,15,16,17). The average molecular weight is 292 g/mol. The topological polar surface area (TPSA) is 42.0 Å². The third-order valence-electron chi connectivity index (χ3n) is 2.34. The van der Waals surface area contributed by atoms with Gasteiger partial charge in [0.2, 0.25) is 5.91 Å². The van der Waals surface area contributed by atoms with Crippen molar-refractivity contribution < 1.29 is 4.79 Å². The highest BCUT2D eigenvalue weighted by atomic mass is 32.2. The lowest BCUT2D eigenvalue weighted by molar-refractivity contribution is -0.115. The van der Waals surface area contributed by atoms with Crippen molar-refractivity contribution in [1.29, 1.82) is 0 Å². The number of nitrogens with zero attached hydrogens (tertiary/aromatic N) is 1. The molecule has 0 radical (unpaired) electrons. The minimum Gasteiger partial charge on any atom is -0.302 e. The van der Waals surface area contributed by atoms with E-state index < -0.39 is 0 Å². The summed E-state index contributed by atoms with van der Waals surface area (Å²) in [5, 5.41) is 5.84. The molecule has 0 unspecified atom stereocenters. The van der Waals surface area contributed by atoms with Gasteiger partial charge in [0.25, 0.3) is 0 Å².